The van der Waals surface area contributed by atoms with E-state index in [0.717, 1.165) is 0 Å². The highest BCUT2D eigenvalue weighted by Gasteiger charge is 2.40. The SMILES string of the molecule is C=CCC1CO[C@H](COC(=O)c2ccccc2)[C@H]1OC(=O)c1ccccc1. The minimum absolute atomic E-state index is 0.0180. The molecule has 1 aliphatic rings. The molecule has 5 heteroatoms. The van der Waals surface area contributed by atoms with Crippen LogP contribution in [-0.2, 0) is 14.2 Å². The van der Waals surface area contributed by atoms with E-state index in [1.807, 2.05) is 12.1 Å². The molecule has 2 aromatic carbocycles. The first-order valence-corrected chi connectivity index (χ1v) is 8.89. The molecule has 27 heavy (non-hydrogen) atoms. The molecule has 5 nitrogen and oxygen atoms in total. The fourth-order valence-electron chi connectivity index (χ4n) is 3.05. The van der Waals surface area contributed by atoms with Crippen LogP contribution in [0, 0.1) is 5.92 Å². The van der Waals surface area contributed by atoms with Crippen molar-refractivity contribution in [2.45, 2.75) is 18.6 Å². The largest absolute Gasteiger partial charge is 0.459 e. The van der Waals surface area contributed by atoms with E-state index >= 15 is 0 Å². The van der Waals surface area contributed by atoms with Crippen LogP contribution >= 0.6 is 0 Å². The standard InChI is InChI=1S/C22H22O5/c1-2-9-18-14-25-19(15-26-21(23)16-10-5-3-6-11-16)20(18)27-22(24)17-12-7-4-8-13-17/h2-8,10-13,18-20H,1,9,14-15H2/t18?,19-,20+/m1/s1. The van der Waals surface area contributed by atoms with E-state index in [9.17, 15) is 9.59 Å². The van der Waals surface area contributed by atoms with E-state index < -0.39 is 24.1 Å². The number of ether oxygens (including phenoxy) is 3. The number of carbonyl (C=O) groups is 2. The van der Waals surface area contributed by atoms with Crippen molar-refractivity contribution in [2.24, 2.45) is 5.92 Å². The van der Waals surface area contributed by atoms with Crippen molar-refractivity contribution in [3.63, 3.8) is 0 Å². The zero-order chi connectivity index (χ0) is 19.1. The van der Waals surface area contributed by atoms with E-state index in [4.69, 9.17) is 14.2 Å². The molecule has 0 aromatic heterocycles. The number of hydrogen-bond acceptors (Lipinski definition) is 5. The highest BCUT2D eigenvalue weighted by molar-refractivity contribution is 5.90. The summed E-state index contributed by atoms with van der Waals surface area (Å²) < 4.78 is 16.8. The highest BCUT2D eigenvalue weighted by Crippen LogP contribution is 2.28. The first kappa shape index (κ1) is 18.9. The van der Waals surface area contributed by atoms with Crippen LogP contribution in [0.3, 0.4) is 0 Å². The lowest BCUT2D eigenvalue weighted by atomic mass is 9.98. The third-order valence-electron chi connectivity index (χ3n) is 4.47. The van der Waals surface area contributed by atoms with Gasteiger partial charge in [0.15, 0.2) is 0 Å². The summed E-state index contributed by atoms with van der Waals surface area (Å²) in [7, 11) is 0. The lowest BCUT2D eigenvalue weighted by molar-refractivity contribution is -0.0311. The smallest absolute Gasteiger partial charge is 0.338 e. The number of carbonyl (C=O) groups excluding carboxylic acids is 2. The van der Waals surface area contributed by atoms with E-state index in [1.165, 1.54) is 0 Å². The molecule has 0 radical (unpaired) electrons. The number of esters is 2. The predicted octanol–water partition coefficient (Wildman–Crippen LogP) is 3.66. The molecule has 2 aromatic rings. The summed E-state index contributed by atoms with van der Waals surface area (Å²) >= 11 is 0. The average Bonchev–Trinajstić information content (AvgIpc) is 3.09. The Morgan fingerprint density at radius 3 is 2.19 bits per heavy atom. The van der Waals surface area contributed by atoms with Crippen molar-refractivity contribution in [3.8, 4) is 0 Å². The third kappa shape index (κ3) is 4.83. The maximum Gasteiger partial charge on any atom is 0.338 e. The molecule has 3 atom stereocenters. The van der Waals surface area contributed by atoms with Gasteiger partial charge in [-0.3, -0.25) is 0 Å². The molecule has 1 aliphatic heterocycles. The van der Waals surface area contributed by atoms with Gasteiger partial charge in [0, 0.05) is 5.92 Å². The van der Waals surface area contributed by atoms with Crippen molar-refractivity contribution in [2.75, 3.05) is 13.2 Å². The Bertz CT molecular complexity index is 772. The van der Waals surface area contributed by atoms with E-state index in [-0.39, 0.29) is 12.5 Å². The Balaban J connectivity index is 1.65. The van der Waals surface area contributed by atoms with E-state index in [1.54, 1.807) is 54.6 Å². The molecule has 0 N–H and O–H groups in total. The zero-order valence-electron chi connectivity index (χ0n) is 15.0. The lowest BCUT2D eigenvalue weighted by Crippen LogP contribution is -2.35. The maximum atomic E-state index is 12.4. The summed E-state index contributed by atoms with van der Waals surface area (Å²) in [5.41, 5.74) is 0.942. The van der Waals surface area contributed by atoms with Gasteiger partial charge in [0.1, 0.15) is 18.8 Å². The van der Waals surface area contributed by atoms with E-state index in [0.29, 0.717) is 24.2 Å². The predicted molar refractivity (Wildman–Crippen MR) is 100 cm³/mol. The Kier molecular flexibility index (Phi) is 6.39. The maximum absolute atomic E-state index is 12.4. The van der Waals surface area contributed by atoms with Gasteiger partial charge in [-0.2, -0.15) is 0 Å². The summed E-state index contributed by atoms with van der Waals surface area (Å²) in [6, 6.07) is 17.5. The summed E-state index contributed by atoms with van der Waals surface area (Å²) in [5, 5.41) is 0. The zero-order valence-corrected chi connectivity index (χ0v) is 15.0. The van der Waals surface area contributed by atoms with Crippen LogP contribution in [0.25, 0.3) is 0 Å². The average molecular weight is 366 g/mol. The second-order valence-electron chi connectivity index (χ2n) is 6.36. The van der Waals surface area contributed by atoms with Crippen molar-refractivity contribution in [1.29, 1.82) is 0 Å². The van der Waals surface area contributed by atoms with Crippen molar-refractivity contribution >= 4 is 11.9 Å². The topological polar surface area (TPSA) is 61.8 Å². The van der Waals surface area contributed by atoms with Crippen LogP contribution < -0.4 is 0 Å². The minimum atomic E-state index is -0.504. The number of rotatable bonds is 7. The van der Waals surface area contributed by atoms with Gasteiger partial charge in [-0.25, -0.2) is 9.59 Å². The summed E-state index contributed by atoms with van der Waals surface area (Å²) in [6.45, 7) is 4.20. The molecule has 0 aliphatic carbocycles. The van der Waals surface area contributed by atoms with Crippen LogP contribution in [0.1, 0.15) is 27.1 Å². The van der Waals surface area contributed by atoms with Crippen molar-refractivity contribution < 1.29 is 23.8 Å². The summed E-state index contributed by atoms with van der Waals surface area (Å²) in [5.74, 6) is -0.866. The van der Waals surface area contributed by atoms with Gasteiger partial charge < -0.3 is 14.2 Å². The van der Waals surface area contributed by atoms with E-state index in [2.05, 4.69) is 6.58 Å². The number of benzene rings is 2. The van der Waals surface area contributed by atoms with Crippen molar-refractivity contribution in [3.05, 3.63) is 84.4 Å². The Hall–Kier alpha value is -2.92. The molecule has 140 valence electrons. The van der Waals surface area contributed by atoms with Gasteiger partial charge in [0.25, 0.3) is 0 Å². The molecule has 3 rings (SSSR count). The first-order chi connectivity index (χ1) is 13.2. The lowest BCUT2D eigenvalue weighted by Gasteiger charge is -2.22. The normalized spacial score (nSPS) is 21.4. The molecule has 0 saturated carbocycles. The third-order valence-corrected chi connectivity index (χ3v) is 4.47. The van der Waals surface area contributed by atoms with Gasteiger partial charge >= 0.3 is 11.9 Å². The molecule has 1 fully saturated rings. The molecule has 0 spiro atoms. The van der Waals surface area contributed by atoms with Gasteiger partial charge in [0.2, 0.25) is 0 Å². The Labute approximate surface area is 158 Å². The quantitative estimate of drug-likeness (QED) is 0.553. The molecule has 0 bridgehead atoms. The Morgan fingerprint density at radius 1 is 1.00 bits per heavy atom. The van der Waals surface area contributed by atoms with Crippen LogP contribution in [0.4, 0.5) is 0 Å². The first-order valence-electron chi connectivity index (χ1n) is 8.89. The van der Waals surface area contributed by atoms with Gasteiger partial charge in [0.05, 0.1) is 17.7 Å². The van der Waals surface area contributed by atoms with Gasteiger partial charge in [-0.15, -0.1) is 6.58 Å². The fourth-order valence-corrected chi connectivity index (χ4v) is 3.05. The van der Waals surface area contributed by atoms with Crippen LogP contribution in [0.5, 0.6) is 0 Å². The number of allylic oxidation sites excluding steroid dienone is 1. The van der Waals surface area contributed by atoms with Crippen LogP contribution in [0.2, 0.25) is 0 Å². The van der Waals surface area contributed by atoms with Crippen LogP contribution in [0.15, 0.2) is 73.3 Å². The fraction of sp³-hybridized carbons (Fsp3) is 0.273. The second kappa shape index (κ2) is 9.14. The van der Waals surface area contributed by atoms with Crippen molar-refractivity contribution in [1.82, 2.24) is 0 Å². The molecule has 1 heterocycles. The number of hydrogen-bond donors (Lipinski definition) is 0. The molecule has 0 amide bonds. The summed E-state index contributed by atoms with van der Waals surface area (Å²) in [4.78, 5) is 24.6. The van der Waals surface area contributed by atoms with Gasteiger partial charge in [-0.05, 0) is 30.7 Å². The monoisotopic (exact) mass is 366 g/mol. The molecular formula is C22H22O5. The summed E-state index contributed by atoms with van der Waals surface area (Å²) in [6.07, 6.45) is 1.42. The second-order valence-corrected chi connectivity index (χ2v) is 6.36. The highest BCUT2D eigenvalue weighted by atomic mass is 16.6. The van der Waals surface area contributed by atoms with Gasteiger partial charge in [-0.1, -0.05) is 42.5 Å². The molecule has 1 unspecified atom stereocenters. The minimum Gasteiger partial charge on any atom is -0.459 e. The molecular weight excluding hydrogens is 344 g/mol. The van der Waals surface area contributed by atoms with Crippen LogP contribution in [-0.4, -0.2) is 37.4 Å². The molecule has 1 saturated heterocycles. The Morgan fingerprint density at radius 2 is 1.59 bits per heavy atom.